The second-order valence-electron chi connectivity index (χ2n) is 7.60. The van der Waals surface area contributed by atoms with Crippen molar-refractivity contribution in [2.45, 2.75) is 37.6 Å². The Balaban J connectivity index is 1.56. The molecule has 8 heteroatoms. The first-order chi connectivity index (χ1) is 15.3. The summed E-state index contributed by atoms with van der Waals surface area (Å²) in [5.41, 5.74) is 3.74. The van der Waals surface area contributed by atoms with Crippen molar-refractivity contribution in [1.82, 2.24) is 9.71 Å². The molecule has 0 aliphatic rings. The molecule has 166 valence electrons. The van der Waals surface area contributed by atoms with Gasteiger partial charge in [0.2, 0.25) is 15.9 Å². The van der Waals surface area contributed by atoms with Crippen LogP contribution in [0, 0.1) is 5.82 Å². The fourth-order valence-electron chi connectivity index (χ4n) is 3.78. The summed E-state index contributed by atoms with van der Waals surface area (Å²) in [6.45, 7) is 3.81. The molecule has 1 amide bonds. The molecule has 4 aromatic rings. The van der Waals surface area contributed by atoms with Crippen molar-refractivity contribution in [3.8, 4) is 0 Å². The summed E-state index contributed by atoms with van der Waals surface area (Å²) in [5.74, 6) is -1.00. The van der Waals surface area contributed by atoms with Gasteiger partial charge in [0.15, 0.2) is 0 Å². The van der Waals surface area contributed by atoms with Crippen LogP contribution in [0.2, 0.25) is 0 Å². The van der Waals surface area contributed by atoms with Gasteiger partial charge < -0.3 is 10.3 Å². The van der Waals surface area contributed by atoms with Crippen molar-refractivity contribution in [2.24, 2.45) is 0 Å². The van der Waals surface area contributed by atoms with Crippen molar-refractivity contribution < 1.29 is 17.6 Å². The van der Waals surface area contributed by atoms with E-state index in [-0.39, 0.29) is 11.3 Å². The van der Waals surface area contributed by atoms with E-state index in [9.17, 15) is 17.6 Å². The highest BCUT2D eigenvalue weighted by atomic mass is 32.2. The highest BCUT2D eigenvalue weighted by Crippen LogP contribution is 2.29. The summed E-state index contributed by atoms with van der Waals surface area (Å²) in [6, 6.07) is 15.2. The van der Waals surface area contributed by atoms with Crippen LogP contribution >= 0.6 is 0 Å². The van der Waals surface area contributed by atoms with Gasteiger partial charge >= 0.3 is 0 Å². The van der Waals surface area contributed by atoms with Crippen molar-refractivity contribution in [3.05, 3.63) is 72.0 Å². The molecule has 1 atom stereocenters. The topological polar surface area (TPSA) is 91.1 Å². The summed E-state index contributed by atoms with van der Waals surface area (Å²) < 4.78 is 40.7. The van der Waals surface area contributed by atoms with Crippen LogP contribution < -0.4 is 10.0 Å². The minimum absolute atomic E-state index is 0.101. The van der Waals surface area contributed by atoms with Crippen LogP contribution in [0.25, 0.3) is 21.8 Å². The number of amides is 1. The van der Waals surface area contributed by atoms with Crippen molar-refractivity contribution in [1.29, 1.82) is 0 Å². The summed E-state index contributed by atoms with van der Waals surface area (Å²) >= 11 is 0. The molecule has 0 aliphatic heterocycles. The maximum atomic E-state index is 13.1. The number of hydrogen-bond donors (Lipinski definition) is 3. The van der Waals surface area contributed by atoms with Gasteiger partial charge in [-0.25, -0.2) is 12.8 Å². The number of anilines is 1. The quantitative estimate of drug-likeness (QED) is 0.378. The fraction of sp³-hybridized carbons (Fsp3) is 0.208. The molecule has 1 heterocycles. The minimum Gasteiger partial charge on any atom is -0.354 e. The number of aryl methyl sites for hydroxylation is 1. The molecule has 0 fully saturated rings. The number of para-hydroxylation sites is 1. The molecule has 3 aromatic carbocycles. The average molecular weight is 454 g/mol. The van der Waals surface area contributed by atoms with E-state index in [1.807, 2.05) is 18.2 Å². The molecule has 0 saturated heterocycles. The lowest BCUT2D eigenvalue weighted by Gasteiger charge is -2.17. The lowest BCUT2D eigenvalue weighted by Crippen LogP contribution is -2.43. The molecular weight excluding hydrogens is 429 g/mol. The molecule has 0 spiro atoms. The number of nitrogens with one attached hydrogen (secondary N) is 3. The number of rotatable bonds is 7. The highest BCUT2D eigenvalue weighted by molar-refractivity contribution is 7.89. The van der Waals surface area contributed by atoms with Gasteiger partial charge in [-0.1, -0.05) is 38.1 Å². The van der Waals surface area contributed by atoms with Gasteiger partial charge in [0.25, 0.3) is 0 Å². The first-order valence-corrected chi connectivity index (χ1v) is 11.9. The summed E-state index contributed by atoms with van der Waals surface area (Å²) in [6.07, 6.45) is 1.15. The van der Waals surface area contributed by atoms with Gasteiger partial charge in [-0.15, -0.1) is 0 Å². The Morgan fingerprint density at radius 1 is 1.03 bits per heavy atom. The fourth-order valence-corrected chi connectivity index (χ4v) is 5.06. The number of H-pyrrole nitrogens is 1. The third-order valence-electron chi connectivity index (χ3n) is 5.51. The zero-order valence-electron chi connectivity index (χ0n) is 17.8. The lowest BCUT2D eigenvalue weighted by molar-refractivity contribution is -0.117. The Kier molecular flexibility index (Phi) is 5.99. The third kappa shape index (κ3) is 4.24. The lowest BCUT2D eigenvalue weighted by atomic mass is 10.1. The second-order valence-corrected chi connectivity index (χ2v) is 9.32. The normalized spacial score (nSPS) is 12.8. The van der Waals surface area contributed by atoms with Crippen molar-refractivity contribution in [3.63, 3.8) is 0 Å². The molecule has 0 saturated carbocycles. The Morgan fingerprint density at radius 2 is 1.78 bits per heavy atom. The van der Waals surface area contributed by atoms with Crippen LogP contribution in [0.4, 0.5) is 10.1 Å². The van der Waals surface area contributed by atoms with Gasteiger partial charge in [0, 0.05) is 27.5 Å². The van der Waals surface area contributed by atoms with E-state index in [2.05, 4.69) is 34.1 Å². The largest absolute Gasteiger partial charge is 0.354 e. The number of aromatic amines is 1. The standard InChI is InChI=1S/C24H24FN3O3S/c1-3-15-6-5-7-20-19-13-10-17(14-22(19)27-23(15)20)26-24(29)21(4-2)28-32(30,31)18-11-8-16(25)9-12-18/h5-14,21,27-28H,3-4H2,1-2H3,(H,26,29). The van der Waals surface area contributed by atoms with Crippen LogP contribution in [-0.2, 0) is 21.2 Å². The van der Waals surface area contributed by atoms with Crippen LogP contribution in [0.1, 0.15) is 25.8 Å². The van der Waals surface area contributed by atoms with E-state index >= 15 is 0 Å². The molecule has 6 nitrogen and oxygen atoms in total. The Morgan fingerprint density at radius 3 is 2.47 bits per heavy atom. The molecule has 3 N–H and O–H groups in total. The number of sulfonamides is 1. The number of carbonyl (C=O) groups excluding carboxylic acids is 1. The Bertz CT molecular complexity index is 1400. The van der Waals surface area contributed by atoms with E-state index in [1.165, 1.54) is 5.56 Å². The number of aromatic nitrogens is 1. The van der Waals surface area contributed by atoms with E-state index in [1.54, 1.807) is 13.0 Å². The van der Waals surface area contributed by atoms with Gasteiger partial charge in [0.05, 0.1) is 4.90 Å². The Labute approximate surface area is 185 Å². The van der Waals surface area contributed by atoms with E-state index in [0.717, 1.165) is 52.5 Å². The van der Waals surface area contributed by atoms with Crippen LogP contribution in [0.5, 0.6) is 0 Å². The summed E-state index contributed by atoms with van der Waals surface area (Å²) in [7, 11) is -3.97. The maximum Gasteiger partial charge on any atom is 0.242 e. The summed E-state index contributed by atoms with van der Waals surface area (Å²) in [5, 5.41) is 4.97. The molecule has 4 rings (SSSR count). The summed E-state index contributed by atoms with van der Waals surface area (Å²) in [4.78, 5) is 16.1. The maximum absolute atomic E-state index is 13.1. The smallest absolute Gasteiger partial charge is 0.242 e. The van der Waals surface area contributed by atoms with Gasteiger partial charge in [-0.3, -0.25) is 4.79 Å². The molecular formula is C24H24FN3O3S. The number of carbonyl (C=O) groups is 1. The van der Waals surface area contributed by atoms with Crippen molar-refractivity contribution >= 4 is 43.4 Å². The van der Waals surface area contributed by atoms with Crippen LogP contribution in [-0.4, -0.2) is 25.4 Å². The predicted octanol–water partition coefficient (Wildman–Crippen LogP) is 4.72. The molecule has 0 bridgehead atoms. The number of hydrogen-bond acceptors (Lipinski definition) is 3. The first kappa shape index (κ1) is 22.0. The van der Waals surface area contributed by atoms with Gasteiger partial charge in [-0.05, 0) is 54.8 Å². The Hall–Kier alpha value is -3.23. The SMILES string of the molecule is CCc1cccc2c1[nH]c1cc(NC(=O)C(CC)NS(=O)(=O)c3ccc(F)cc3)ccc12. The first-order valence-electron chi connectivity index (χ1n) is 10.4. The predicted molar refractivity (Wildman–Crippen MR) is 125 cm³/mol. The highest BCUT2D eigenvalue weighted by Gasteiger charge is 2.24. The van der Waals surface area contributed by atoms with Gasteiger partial charge in [-0.2, -0.15) is 4.72 Å². The van der Waals surface area contributed by atoms with Gasteiger partial charge in [0.1, 0.15) is 11.9 Å². The monoisotopic (exact) mass is 453 g/mol. The zero-order valence-corrected chi connectivity index (χ0v) is 18.6. The number of benzene rings is 3. The number of halogens is 1. The van der Waals surface area contributed by atoms with Crippen LogP contribution in [0.3, 0.4) is 0 Å². The minimum atomic E-state index is -3.97. The second kappa shape index (κ2) is 8.72. The molecule has 1 unspecified atom stereocenters. The van der Waals surface area contributed by atoms with E-state index in [0.29, 0.717) is 5.69 Å². The third-order valence-corrected chi connectivity index (χ3v) is 7.00. The van der Waals surface area contributed by atoms with Crippen LogP contribution in [0.15, 0.2) is 65.6 Å². The zero-order chi connectivity index (χ0) is 22.9. The van der Waals surface area contributed by atoms with E-state index in [4.69, 9.17) is 0 Å². The van der Waals surface area contributed by atoms with E-state index < -0.39 is 27.8 Å². The molecule has 1 aromatic heterocycles. The average Bonchev–Trinajstić information content (AvgIpc) is 3.15. The number of fused-ring (bicyclic) bond motifs is 3. The molecule has 32 heavy (non-hydrogen) atoms. The van der Waals surface area contributed by atoms with Crippen molar-refractivity contribution in [2.75, 3.05) is 5.32 Å². The molecule has 0 radical (unpaired) electrons. The molecule has 0 aliphatic carbocycles.